The molecular weight excluding hydrogens is 248 g/mol. The van der Waals surface area contributed by atoms with Crippen LogP contribution in [0.3, 0.4) is 0 Å². The molecule has 0 amide bonds. The molecule has 0 aromatic carbocycles. The Morgan fingerprint density at radius 1 is 1.11 bits per heavy atom. The van der Waals surface area contributed by atoms with Gasteiger partial charge >= 0.3 is 5.97 Å². The standard InChI is InChI=1S/C15H25ClO2/c1-3-4-5-6-7-8-9-10-11-15(17)18-13-12-14(2)16/h12-13H,2-11H2,1H3. The van der Waals surface area contributed by atoms with Crippen LogP contribution in [0.5, 0.6) is 0 Å². The second-order valence-electron chi connectivity index (χ2n) is 4.46. The van der Waals surface area contributed by atoms with E-state index in [0.29, 0.717) is 11.5 Å². The molecule has 0 atom stereocenters. The molecule has 0 radical (unpaired) electrons. The van der Waals surface area contributed by atoms with Crippen LogP contribution in [0, 0.1) is 0 Å². The van der Waals surface area contributed by atoms with Crippen LogP contribution in [-0.2, 0) is 9.53 Å². The zero-order valence-electron chi connectivity index (χ0n) is 11.4. The highest BCUT2D eigenvalue weighted by Crippen LogP contribution is 2.10. The molecule has 0 N–H and O–H groups in total. The molecule has 0 aliphatic heterocycles. The maximum absolute atomic E-state index is 11.3. The van der Waals surface area contributed by atoms with E-state index in [1.807, 2.05) is 0 Å². The fourth-order valence-corrected chi connectivity index (χ4v) is 1.70. The lowest BCUT2D eigenvalue weighted by atomic mass is 10.1. The van der Waals surface area contributed by atoms with Gasteiger partial charge in [0.2, 0.25) is 0 Å². The van der Waals surface area contributed by atoms with E-state index in [1.54, 1.807) is 0 Å². The predicted octanol–water partition coefficient (Wildman–Crippen LogP) is 5.33. The van der Waals surface area contributed by atoms with Gasteiger partial charge in [0.1, 0.15) is 0 Å². The Morgan fingerprint density at radius 2 is 1.67 bits per heavy atom. The van der Waals surface area contributed by atoms with Gasteiger partial charge in [-0.05, 0) is 12.5 Å². The number of unbranched alkanes of at least 4 members (excludes halogenated alkanes) is 7. The first-order valence-corrected chi connectivity index (χ1v) is 7.25. The van der Waals surface area contributed by atoms with Crippen molar-refractivity contribution >= 4 is 17.6 Å². The average Bonchev–Trinajstić information content (AvgIpc) is 2.32. The Morgan fingerprint density at radius 3 is 2.22 bits per heavy atom. The van der Waals surface area contributed by atoms with Gasteiger partial charge in [-0.1, -0.05) is 70.0 Å². The van der Waals surface area contributed by atoms with Crippen molar-refractivity contribution in [1.82, 2.24) is 0 Å². The summed E-state index contributed by atoms with van der Waals surface area (Å²) in [5.41, 5.74) is 0. The Kier molecular flexibility index (Phi) is 12.2. The maximum Gasteiger partial charge on any atom is 0.310 e. The Labute approximate surface area is 116 Å². The van der Waals surface area contributed by atoms with Crippen LogP contribution < -0.4 is 0 Å². The van der Waals surface area contributed by atoms with Gasteiger partial charge in [0.25, 0.3) is 0 Å². The molecule has 0 saturated heterocycles. The van der Waals surface area contributed by atoms with Crippen LogP contribution in [0.25, 0.3) is 0 Å². The van der Waals surface area contributed by atoms with Gasteiger partial charge < -0.3 is 4.74 Å². The summed E-state index contributed by atoms with van der Waals surface area (Å²) < 4.78 is 4.85. The highest BCUT2D eigenvalue weighted by molar-refractivity contribution is 6.30. The van der Waals surface area contributed by atoms with Gasteiger partial charge in [-0.3, -0.25) is 4.79 Å². The van der Waals surface area contributed by atoms with Gasteiger partial charge in [0, 0.05) is 11.5 Å². The van der Waals surface area contributed by atoms with E-state index in [1.165, 1.54) is 50.9 Å². The predicted molar refractivity (Wildman–Crippen MR) is 77.5 cm³/mol. The van der Waals surface area contributed by atoms with Crippen molar-refractivity contribution < 1.29 is 9.53 Å². The van der Waals surface area contributed by atoms with Crippen molar-refractivity contribution in [2.75, 3.05) is 0 Å². The molecular formula is C15H25ClO2. The summed E-state index contributed by atoms with van der Waals surface area (Å²) in [4.78, 5) is 11.3. The number of carbonyl (C=O) groups excluding carboxylic acids is 1. The number of esters is 1. The number of allylic oxidation sites excluding steroid dienone is 2. The Hall–Kier alpha value is -0.760. The average molecular weight is 273 g/mol. The van der Waals surface area contributed by atoms with Crippen molar-refractivity contribution in [3.8, 4) is 0 Å². The van der Waals surface area contributed by atoms with Gasteiger partial charge in [0.15, 0.2) is 0 Å². The van der Waals surface area contributed by atoms with Crippen molar-refractivity contribution in [2.45, 2.75) is 64.7 Å². The molecule has 2 nitrogen and oxygen atoms in total. The number of hydrogen-bond acceptors (Lipinski definition) is 2. The summed E-state index contributed by atoms with van der Waals surface area (Å²) in [6, 6.07) is 0. The number of ether oxygens (including phenoxy) is 1. The van der Waals surface area contributed by atoms with Crippen LogP contribution in [-0.4, -0.2) is 5.97 Å². The van der Waals surface area contributed by atoms with E-state index in [0.717, 1.165) is 12.8 Å². The Bertz CT molecular complexity index is 259. The molecule has 104 valence electrons. The third-order valence-electron chi connectivity index (χ3n) is 2.68. The summed E-state index contributed by atoms with van der Waals surface area (Å²) >= 11 is 5.49. The number of rotatable bonds is 11. The monoisotopic (exact) mass is 272 g/mol. The van der Waals surface area contributed by atoms with Gasteiger partial charge in [-0.15, -0.1) is 0 Å². The Balaban J connectivity index is 3.27. The lowest BCUT2D eigenvalue weighted by Gasteiger charge is -2.01. The third-order valence-corrected chi connectivity index (χ3v) is 2.81. The molecule has 0 aliphatic rings. The topological polar surface area (TPSA) is 26.3 Å². The number of hydrogen-bond donors (Lipinski definition) is 0. The largest absolute Gasteiger partial charge is 0.434 e. The van der Waals surface area contributed by atoms with Gasteiger partial charge in [-0.2, -0.15) is 0 Å². The molecule has 3 heteroatoms. The van der Waals surface area contributed by atoms with Crippen molar-refractivity contribution in [1.29, 1.82) is 0 Å². The molecule has 0 aromatic heterocycles. The second-order valence-corrected chi connectivity index (χ2v) is 4.95. The normalized spacial score (nSPS) is 10.8. The zero-order chi connectivity index (χ0) is 13.6. The van der Waals surface area contributed by atoms with E-state index < -0.39 is 0 Å². The molecule has 0 spiro atoms. The lowest BCUT2D eigenvalue weighted by molar-refractivity contribution is -0.138. The van der Waals surface area contributed by atoms with Gasteiger partial charge in [0.05, 0.1) is 6.26 Å². The van der Waals surface area contributed by atoms with E-state index >= 15 is 0 Å². The first-order valence-electron chi connectivity index (χ1n) is 6.87. The van der Waals surface area contributed by atoms with Crippen LogP contribution >= 0.6 is 11.6 Å². The molecule has 0 aliphatic carbocycles. The zero-order valence-corrected chi connectivity index (χ0v) is 12.2. The molecule has 0 unspecified atom stereocenters. The summed E-state index contributed by atoms with van der Waals surface area (Å²) in [5.74, 6) is -0.199. The van der Waals surface area contributed by atoms with E-state index in [4.69, 9.17) is 16.3 Å². The fourth-order valence-electron chi connectivity index (χ4n) is 1.65. The van der Waals surface area contributed by atoms with E-state index in [-0.39, 0.29) is 5.97 Å². The van der Waals surface area contributed by atoms with Crippen LogP contribution in [0.2, 0.25) is 0 Å². The maximum atomic E-state index is 11.3. The minimum atomic E-state index is -0.199. The summed E-state index contributed by atoms with van der Waals surface area (Å²) in [6.07, 6.45) is 13.0. The van der Waals surface area contributed by atoms with Crippen LogP contribution in [0.1, 0.15) is 64.7 Å². The van der Waals surface area contributed by atoms with Crippen molar-refractivity contribution in [2.24, 2.45) is 0 Å². The van der Waals surface area contributed by atoms with Gasteiger partial charge in [-0.25, -0.2) is 0 Å². The SMILES string of the molecule is C=C(Cl)C=COC(=O)CCCCCCCCCC. The molecule has 0 aromatic rings. The molecule has 18 heavy (non-hydrogen) atoms. The molecule has 0 saturated carbocycles. The smallest absolute Gasteiger partial charge is 0.310 e. The van der Waals surface area contributed by atoms with Crippen molar-refractivity contribution in [3.05, 3.63) is 23.9 Å². The highest BCUT2D eigenvalue weighted by atomic mass is 35.5. The summed E-state index contributed by atoms with van der Waals surface area (Å²) in [6.45, 7) is 5.68. The minimum absolute atomic E-state index is 0.199. The first kappa shape index (κ1) is 17.2. The molecule has 0 heterocycles. The molecule has 0 rings (SSSR count). The minimum Gasteiger partial charge on any atom is -0.434 e. The van der Waals surface area contributed by atoms with E-state index in [2.05, 4.69) is 13.5 Å². The second kappa shape index (κ2) is 12.7. The summed E-state index contributed by atoms with van der Waals surface area (Å²) in [7, 11) is 0. The third kappa shape index (κ3) is 13.3. The lowest BCUT2D eigenvalue weighted by Crippen LogP contribution is -1.98. The van der Waals surface area contributed by atoms with Crippen molar-refractivity contribution in [3.63, 3.8) is 0 Å². The number of halogens is 1. The highest BCUT2D eigenvalue weighted by Gasteiger charge is 2.00. The van der Waals surface area contributed by atoms with Crippen LogP contribution in [0.4, 0.5) is 0 Å². The van der Waals surface area contributed by atoms with Crippen LogP contribution in [0.15, 0.2) is 23.9 Å². The first-order chi connectivity index (χ1) is 8.66. The fraction of sp³-hybridized carbons (Fsp3) is 0.667. The quantitative estimate of drug-likeness (QED) is 0.220. The van der Waals surface area contributed by atoms with E-state index in [9.17, 15) is 4.79 Å². The summed E-state index contributed by atoms with van der Waals surface area (Å²) in [5, 5.41) is 0.356. The molecule has 0 bridgehead atoms. The molecule has 0 fully saturated rings. The number of carbonyl (C=O) groups is 1.